The van der Waals surface area contributed by atoms with Crippen LogP contribution in [0.5, 0.6) is 5.75 Å². The average Bonchev–Trinajstić information content (AvgIpc) is 2.34. The van der Waals surface area contributed by atoms with Crippen LogP contribution >= 0.6 is 0 Å². The van der Waals surface area contributed by atoms with Gasteiger partial charge >= 0.3 is 0 Å². The van der Waals surface area contributed by atoms with Gasteiger partial charge in [0.25, 0.3) is 0 Å². The van der Waals surface area contributed by atoms with Crippen LogP contribution in [0.3, 0.4) is 0 Å². The number of carbonyl (C=O) groups excluding carboxylic acids is 1. The normalized spacial score (nSPS) is 11.4. The number of hydrogen-bond acceptors (Lipinski definition) is 4. The van der Waals surface area contributed by atoms with Crippen LogP contribution in [0.25, 0.3) is 0 Å². The number of anilines is 1. The lowest BCUT2D eigenvalue weighted by molar-refractivity contribution is -0.115. The molecule has 0 aliphatic carbocycles. The Morgan fingerprint density at radius 3 is 2.55 bits per heavy atom. The Morgan fingerprint density at radius 2 is 1.95 bits per heavy atom. The summed E-state index contributed by atoms with van der Waals surface area (Å²) in [5, 5.41) is 2.68. The van der Waals surface area contributed by atoms with Gasteiger partial charge in [-0.1, -0.05) is 26.0 Å². The van der Waals surface area contributed by atoms with E-state index in [2.05, 4.69) is 5.32 Å². The molecule has 6 heteroatoms. The number of para-hydroxylation sites is 2. The number of ether oxygens (including phenoxy) is 1. The van der Waals surface area contributed by atoms with Crippen LogP contribution in [0, 0.1) is 5.92 Å². The fourth-order valence-corrected chi connectivity index (χ4v) is 2.00. The number of sulfone groups is 1. The Labute approximate surface area is 120 Å². The molecule has 5 nitrogen and oxygen atoms in total. The smallest absolute Gasteiger partial charge is 0.225 e. The molecular formula is C14H21NO4S. The first-order valence-electron chi connectivity index (χ1n) is 6.47. The summed E-state index contributed by atoms with van der Waals surface area (Å²) in [4.78, 5) is 11.7. The van der Waals surface area contributed by atoms with Crippen LogP contribution in [-0.4, -0.2) is 32.9 Å². The topological polar surface area (TPSA) is 72.5 Å². The molecule has 1 N–H and O–H groups in total. The van der Waals surface area contributed by atoms with E-state index in [0.29, 0.717) is 24.0 Å². The predicted molar refractivity (Wildman–Crippen MR) is 79.7 cm³/mol. The first-order chi connectivity index (χ1) is 9.28. The second-order valence-electron chi connectivity index (χ2n) is 5.13. The summed E-state index contributed by atoms with van der Waals surface area (Å²) in [6.07, 6.45) is 1.05. The molecule has 112 valence electrons. The molecule has 0 fully saturated rings. The van der Waals surface area contributed by atoms with Gasteiger partial charge in [-0.05, 0) is 18.1 Å². The molecule has 0 saturated carbocycles. The van der Waals surface area contributed by atoms with Crippen molar-refractivity contribution in [3.8, 4) is 5.75 Å². The number of carbonyl (C=O) groups is 1. The zero-order chi connectivity index (χ0) is 15.2. The quantitative estimate of drug-likeness (QED) is 0.837. The number of hydrogen-bond donors (Lipinski definition) is 1. The Kier molecular flexibility index (Phi) is 6.01. The van der Waals surface area contributed by atoms with Gasteiger partial charge in [0.2, 0.25) is 5.91 Å². The van der Waals surface area contributed by atoms with Crippen LogP contribution in [-0.2, 0) is 14.6 Å². The molecule has 0 heterocycles. The molecule has 0 spiro atoms. The van der Waals surface area contributed by atoms with Gasteiger partial charge in [-0.3, -0.25) is 4.79 Å². The summed E-state index contributed by atoms with van der Waals surface area (Å²) < 4.78 is 27.7. The fourth-order valence-electron chi connectivity index (χ4n) is 1.44. The summed E-state index contributed by atoms with van der Waals surface area (Å²) in [6, 6.07) is 7.11. The van der Waals surface area contributed by atoms with E-state index in [1.54, 1.807) is 18.2 Å². The highest BCUT2D eigenvalue weighted by Gasteiger charge is 2.11. The molecule has 1 amide bonds. The van der Waals surface area contributed by atoms with Crippen molar-refractivity contribution in [1.82, 2.24) is 0 Å². The van der Waals surface area contributed by atoms with Gasteiger partial charge < -0.3 is 10.1 Å². The first-order valence-corrected chi connectivity index (χ1v) is 8.53. The van der Waals surface area contributed by atoms with E-state index in [0.717, 1.165) is 6.26 Å². The summed E-state index contributed by atoms with van der Waals surface area (Å²) >= 11 is 0. The van der Waals surface area contributed by atoms with Gasteiger partial charge in [0.15, 0.2) is 0 Å². The zero-order valence-corrected chi connectivity index (χ0v) is 12.9. The van der Waals surface area contributed by atoms with Gasteiger partial charge in [0, 0.05) is 12.7 Å². The van der Waals surface area contributed by atoms with Crippen molar-refractivity contribution >= 4 is 21.4 Å². The minimum absolute atomic E-state index is 0.0582. The second kappa shape index (κ2) is 7.28. The maximum absolute atomic E-state index is 11.7. The predicted octanol–water partition coefficient (Wildman–Crippen LogP) is 2.09. The van der Waals surface area contributed by atoms with Crippen LogP contribution < -0.4 is 10.1 Å². The van der Waals surface area contributed by atoms with Crippen LogP contribution in [0.2, 0.25) is 0 Å². The van der Waals surface area contributed by atoms with E-state index in [4.69, 9.17) is 4.74 Å². The Balaban J connectivity index is 2.64. The highest BCUT2D eigenvalue weighted by atomic mass is 32.2. The standard InChI is InChI=1S/C14H21NO4S/c1-11(2)10-19-13-7-5-4-6-12(13)15-14(16)8-9-20(3,17)18/h4-7,11H,8-10H2,1-3H3,(H,15,16). The van der Waals surface area contributed by atoms with Gasteiger partial charge in [-0.25, -0.2) is 8.42 Å². The molecule has 0 radical (unpaired) electrons. The minimum Gasteiger partial charge on any atom is -0.491 e. The minimum atomic E-state index is -3.14. The third kappa shape index (κ3) is 6.56. The third-order valence-corrected chi connectivity index (χ3v) is 3.38. The summed E-state index contributed by atoms with van der Waals surface area (Å²) in [6.45, 7) is 4.62. The Hall–Kier alpha value is -1.56. The van der Waals surface area contributed by atoms with Crippen molar-refractivity contribution in [3.05, 3.63) is 24.3 Å². The van der Waals surface area contributed by atoms with Crippen molar-refractivity contribution in [2.24, 2.45) is 5.92 Å². The van der Waals surface area contributed by atoms with Crippen LogP contribution in [0.1, 0.15) is 20.3 Å². The number of benzene rings is 1. The Bertz CT molecular complexity index is 552. The lowest BCUT2D eigenvalue weighted by Crippen LogP contribution is -2.17. The first kappa shape index (κ1) is 16.5. The van der Waals surface area contributed by atoms with Crippen molar-refractivity contribution in [2.75, 3.05) is 23.9 Å². The molecule has 0 aliphatic rings. The molecule has 0 aliphatic heterocycles. The lowest BCUT2D eigenvalue weighted by atomic mass is 10.2. The molecule has 0 atom stereocenters. The molecule has 0 saturated heterocycles. The van der Waals surface area contributed by atoms with Crippen molar-refractivity contribution in [3.63, 3.8) is 0 Å². The van der Waals surface area contributed by atoms with Gasteiger partial charge in [0.05, 0.1) is 18.0 Å². The van der Waals surface area contributed by atoms with Crippen molar-refractivity contribution in [1.29, 1.82) is 0 Å². The third-order valence-electron chi connectivity index (χ3n) is 2.43. The Morgan fingerprint density at radius 1 is 1.30 bits per heavy atom. The maximum Gasteiger partial charge on any atom is 0.225 e. The van der Waals surface area contributed by atoms with Gasteiger partial charge in [-0.15, -0.1) is 0 Å². The molecule has 0 aromatic heterocycles. The van der Waals surface area contributed by atoms with E-state index in [1.807, 2.05) is 19.9 Å². The highest BCUT2D eigenvalue weighted by molar-refractivity contribution is 7.90. The molecule has 0 unspecified atom stereocenters. The summed E-state index contributed by atoms with van der Waals surface area (Å²) in [7, 11) is -3.14. The van der Waals surface area contributed by atoms with Crippen molar-refractivity contribution < 1.29 is 17.9 Å². The van der Waals surface area contributed by atoms with E-state index in [9.17, 15) is 13.2 Å². The SMILES string of the molecule is CC(C)COc1ccccc1NC(=O)CCS(C)(=O)=O. The number of amides is 1. The van der Waals surface area contributed by atoms with E-state index >= 15 is 0 Å². The monoisotopic (exact) mass is 299 g/mol. The van der Waals surface area contributed by atoms with Crippen molar-refractivity contribution in [2.45, 2.75) is 20.3 Å². The second-order valence-corrected chi connectivity index (χ2v) is 7.39. The molecule has 0 bridgehead atoms. The van der Waals surface area contributed by atoms with Gasteiger partial charge in [-0.2, -0.15) is 0 Å². The number of nitrogens with one attached hydrogen (secondary N) is 1. The fraction of sp³-hybridized carbons (Fsp3) is 0.500. The molecule has 1 aromatic rings. The molecule has 20 heavy (non-hydrogen) atoms. The highest BCUT2D eigenvalue weighted by Crippen LogP contribution is 2.24. The summed E-state index contributed by atoms with van der Waals surface area (Å²) in [5.74, 6) is 0.474. The largest absolute Gasteiger partial charge is 0.491 e. The number of rotatable bonds is 7. The van der Waals surface area contributed by atoms with Crippen LogP contribution in [0.15, 0.2) is 24.3 Å². The summed E-state index contributed by atoms with van der Waals surface area (Å²) in [5.41, 5.74) is 0.562. The zero-order valence-electron chi connectivity index (χ0n) is 12.0. The average molecular weight is 299 g/mol. The van der Waals surface area contributed by atoms with E-state index in [-0.39, 0.29) is 18.1 Å². The maximum atomic E-state index is 11.7. The molecular weight excluding hydrogens is 278 g/mol. The molecule has 1 aromatic carbocycles. The lowest BCUT2D eigenvalue weighted by Gasteiger charge is -2.13. The molecule has 1 rings (SSSR count). The van der Waals surface area contributed by atoms with Crippen LogP contribution in [0.4, 0.5) is 5.69 Å². The van der Waals surface area contributed by atoms with E-state index < -0.39 is 9.84 Å². The van der Waals surface area contributed by atoms with E-state index in [1.165, 1.54) is 0 Å². The van der Waals surface area contributed by atoms with Gasteiger partial charge in [0.1, 0.15) is 15.6 Å².